The number of halogens is 1. The third kappa shape index (κ3) is 3.47. The first-order valence-corrected chi connectivity index (χ1v) is 8.00. The minimum Gasteiger partial charge on any atom is -0.495 e. The topological polar surface area (TPSA) is 64.4 Å². The molecule has 3 rings (SSSR count). The van der Waals surface area contributed by atoms with Gasteiger partial charge < -0.3 is 14.5 Å². The number of methoxy groups -OCH3 is 1. The summed E-state index contributed by atoms with van der Waals surface area (Å²) in [6.45, 7) is 3.59. The minimum atomic E-state index is -0.549. The molecule has 0 bridgehead atoms. The van der Waals surface area contributed by atoms with Crippen molar-refractivity contribution in [2.75, 3.05) is 12.4 Å². The molecule has 1 N–H and O–H groups in total. The van der Waals surface area contributed by atoms with E-state index < -0.39 is 5.82 Å². The molecule has 1 aromatic heterocycles. The van der Waals surface area contributed by atoms with Gasteiger partial charge in [0.2, 0.25) is 0 Å². The molecule has 0 saturated heterocycles. The van der Waals surface area contributed by atoms with Crippen LogP contribution in [0.15, 0.2) is 40.8 Å². The van der Waals surface area contributed by atoms with Crippen molar-refractivity contribution in [2.45, 2.75) is 20.3 Å². The summed E-state index contributed by atoms with van der Waals surface area (Å²) in [6.07, 6.45) is 0.0371. The summed E-state index contributed by atoms with van der Waals surface area (Å²) in [4.78, 5) is 16.1. The summed E-state index contributed by atoms with van der Waals surface area (Å²) in [5.41, 5.74) is 1.39. The Morgan fingerprint density at radius 3 is 2.76 bits per heavy atom. The molecule has 5 nitrogen and oxygen atoms in total. The van der Waals surface area contributed by atoms with Crippen LogP contribution >= 0.6 is 0 Å². The van der Waals surface area contributed by atoms with Crippen LogP contribution in [0.2, 0.25) is 0 Å². The molecule has 3 aromatic rings. The first-order chi connectivity index (χ1) is 12.0. The summed E-state index contributed by atoms with van der Waals surface area (Å²) in [7, 11) is 1.56. The summed E-state index contributed by atoms with van der Waals surface area (Å²) in [5.74, 6) is -0.0988. The van der Waals surface area contributed by atoms with Gasteiger partial charge in [-0.1, -0.05) is 32.0 Å². The van der Waals surface area contributed by atoms with Gasteiger partial charge in [-0.15, -0.1) is 0 Å². The normalized spacial score (nSPS) is 11.1. The van der Waals surface area contributed by atoms with Gasteiger partial charge in [0, 0.05) is 12.3 Å². The van der Waals surface area contributed by atoms with Crippen molar-refractivity contribution in [2.24, 2.45) is 5.92 Å². The maximum atomic E-state index is 14.7. The standard InChI is InChI=1S/C19H19FN2O3/c1-11(2)15(23)10-12-8-9-14-18(17(12)20)25-19(22-14)21-13-6-4-5-7-16(13)24-3/h4-9,11H,10H2,1-3H3,(H,21,22). The number of fused-ring (bicyclic) bond motifs is 1. The number of anilines is 2. The predicted octanol–water partition coefficient (Wildman–Crippen LogP) is 4.49. The Morgan fingerprint density at radius 2 is 2.04 bits per heavy atom. The molecule has 0 fully saturated rings. The Balaban J connectivity index is 1.92. The van der Waals surface area contributed by atoms with Crippen LogP contribution in [0.5, 0.6) is 5.75 Å². The van der Waals surface area contributed by atoms with E-state index in [0.717, 1.165) is 0 Å². The number of ether oxygens (including phenoxy) is 1. The van der Waals surface area contributed by atoms with E-state index in [9.17, 15) is 9.18 Å². The SMILES string of the molecule is COc1ccccc1Nc1nc2ccc(CC(=O)C(C)C)c(F)c2o1. The van der Waals surface area contributed by atoms with Gasteiger partial charge in [0.05, 0.1) is 12.8 Å². The predicted molar refractivity (Wildman–Crippen MR) is 93.8 cm³/mol. The number of rotatable bonds is 6. The average molecular weight is 342 g/mol. The Labute approximate surface area is 144 Å². The number of carbonyl (C=O) groups excluding carboxylic acids is 1. The van der Waals surface area contributed by atoms with E-state index in [1.54, 1.807) is 45.2 Å². The Kier molecular flexibility index (Phi) is 4.70. The molecule has 0 radical (unpaired) electrons. The molecule has 0 aliphatic carbocycles. The number of nitrogens with zero attached hydrogens (tertiary/aromatic N) is 1. The van der Waals surface area contributed by atoms with Crippen molar-refractivity contribution in [1.82, 2.24) is 4.98 Å². The largest absolute Gasteiger partial charge is 0.495 e. The molecule has 0 aliphatic heterocycles. The van der Waals surface area contributed by atoms with E-state index in [1.807, 2.05) is 12.1 Å². The Morgan fingerprint density at radius 1 is 1.28 bits per heavy atom. The van der Waals surface area contributed by atoms with Gasteiger partial charge in [0.25, 0.3) is 6.01 Å². The maximum absolute atomic E-state index is 14.7. The van der Waals surface area contributed by atoms with E-state index in [2.05, 4.69) is 10.3 Å². The molecule has 0 atom stereocenters. The summed E-state index contributed by atoms with van der Waals surface area (Å²) >= 11 is 0. The highest BCUT2D eigenvalue weighted by Gasteiger charge is 2.18. The van der Waals surface area contributed by atoms with Crippen LogP contribution in [0.3, 0.4) is 0 Å². The zero-order valence-corrected chi connectivity index (χ0v) is 14.3. The third-order valence-corrected chi connectivity index (χ3v) is 3.93. The quantitative estimate of drug-likeness (QED) is 0.715. The summed E-state index contributed by atoms with van der Waals surface area (Å²) < 4.78 is 25.4. The first kappa shape index (κ1) is 17.0. The molecule has 130 valence electrons. The maximum Gasteiger partial charge on any atom is 0.300 e. The smallest absolute Gasteiger partial charge is 0.300 e. The lowest BCUT2D eigenvalue weighted by Gasteiger charge is -2.07. The molecule has 2 aromatic carbocycles. The number of Topliss-reactive ketones (excluding diaryl/α,β-unsaturated/α-hetero) is 1. The van der Waals surface area contributed by atoms with Crippen molar-refractivity contribution in [1.29, 1.82) is 0 Å². The number of oxazole rings is 1. The van der Waals surface area contributed by atoms with Gasteiger partial charge in [0.15, 0.2) is 11.4 Å². The van der Waals surface area contributed by atoms with Crippen LogP contribution in [0.1, 0.15) is 19.4 Å². The monoisotopic (exact) mass is 342 g/mol. The number of carbonyl (C=O) groups is 1. The van der Waals surface area contributed by atoms with Gasteiger partial charge >= 0.3 is 0 Å². The number of para-hydroxylation sites is 2. The molecule has 0 spiro atoms. The highest BCUT2D eigenvalue weighted by atomic mass is 19.1. The zero-order chi connectivity index (χ0) is 18.0. The minimum absolute atomic E-state index is 0.0230. The van der Waals surface area contributed by atoms with Gasteiger partial charge in [0.1, 0.15) is 17.0 Å². The van der Waals surface area contributed by atoms with E-state index in [1.165, 1.54) is 0 Å². The van der Waals surface area contributed by atoms with Crippen LogP contribution in [-0.4, -0.2) is 17.9 Å². The van der Waals surface area contributed by atoms with Crippen LogP contribution in [0.25, 0.3) is 11.1 Å². The van der Waals surface area contributed by atoms with Crippen molar-refractivity contribution >= 4 is 28.6 Å². The molecule has 6 heteroatoms. The van der Waals surface area contributed by atoms with Gasteiger partial charge in [-0.2, -0.15) is 4.98 Å². The van der Waals surface area contributed by atoms with Crippen LogP contribution in [-0.2, 0) is 11.2 Å². The summed E-state index contributed by atoms with van der Waals surface area (Å²) in [6, 6.07) is 10.7. The molecule has 0 aliphatic rings. The third-order valence-electron chi connectivity index (χ3n) is 3.93. The molecule has 1 heterocycles. The lowest BCUT2D eigenvalue weighted by molar-refractivity contribution is -0.121. The second kappa shape index (κ2) is 6.93. The fourth-order valence-corrected chi connectivity index (χ4v) is 2.45. The van der Waals surface area contributed by atoms with E-state index in [4.69, 9.17) is 9.15 Å². The second-order valence-corrected chi connectivity index (χ2v) is 6.03. The molecular formula is C19H19FN2O3. The van der Waals surface area contributed by atoms with Crippen molar-refractivity contribution in [3.05, 3.63) is 47.8 Å². The van der Waals surface area contributed by atoms with Gasteiger partial charge in [-0.25, -0.2) is 4.39 Å². The second-order valence-electron chi connectivity index (χ2n) is 6.03. The number of benzene rings is 2. The van der Waals surface area contributed by atoms with Crippen molar-refractivity contribution in [3.63, 3.8) is 0 Å². The van der Waals surface area contributed by atoms with Crippen LogP contribution in [0, 0.1) is 11.7 Å². The zero-order valence-electron chi connectivity index (χ0n) is 14.3. The highest BCUT2D eigenvalue weighted by molar-refractivity contribution is 5.84. The Bertz CT molecular complexity index is 918. The van der Waals surface area contributed by atoms with E-state index in [0.29, 0.717) is 22.5 Å². The van der Waals surface area contributed by atoms with Gasteiger partial charge in [-0.05, 0) is 23.8 Å². The molecule has 0 saturated carbocycles. The number of hydrogen-bond acceptors (Lipinski definition) is 5. The van der Waals surface area contributed by atoms with Crippen molar-refractivity contribution in [3.8, 4) is 5.75 Å². The fourth-order valence-electron chi connectivity index (χ4n) is 2.45. The lowest BCUT2D eigenvalue weighted by atomic mass is 10.0. The first-order valence-electron chi connectivity index (χ1n) is 8.00. The van der Waals surface area contributed by atoms with Crippen LogP contribution in [0.4, 0.5) is 16.1 Å². The molecule has 0 amide bonds. The number of nitrogens with one attached hydrogen (secondary N) is 1. The average Bonchev–Trinajstić information content (AvgIpc) is 3.01. The molecule has 0 unspecified atom stereocenters. The van der Waals surface area contributed by atoms with Crippen molar-refractivity contribution < 1.29 is 18.3 Å². The van der Waals surface area contributed by atoms with E-state index in [-0.39, 0.29) is 29.7 Å². The highest BCUT2D eigenvalue weighted by Crippen LogP contribution is 2.30. The number of hydrogen-bond donors (Lipinski definition) is 1. The number of ketones is 1. The Hall–Kier alpha value is -2.89. The summed E-state index contributed by atoms with van der Waals surface area (Å²) in [5, 5.41) is 2.98. The molecule has 25 heavy (non-hydrogen) atoms. The van der Waals surface area contributed by atoms with Gasteiger partial charge in [-0.3, -0.25) is 4.79 Å². The fraction of sp³-hybridized carbons (Fsp3) is 0.263. The number of aromatic nitrogens is 1. The van der Waals surface area contributed by atoms with Crippen LogP contribution < -0.4 is 10.1 Å². The van der Waals surface area contributed by atoms with E-state index >= 15 is 0 Å². The lowest BCUT2D eigenvalue weighted by Crippen LogP contribution is -2.11. The molecular weight excluding hydrogens is 323 g/mol.